The molecular formula is C24H44BNO3. The Morgan fingerprint density at radius 1 is 1.00 bits per heavy atom. The predicted octanol–water partition coefficient (Wildman–Crippen LogP) is 4.88. The molecule has 0 saturated carbocycles. The molecule has 1 heterocycles. The van der Waals surface area contributed by atoms with Crippen LogP contribution in [0.3, 0.4) is 0 Å². The van der Waals surface area contributed by atoms with Crippen molar-refractivity contribution in [3.05, 3.63) is 0 Å². The summed E-state index contributed by atoms with van der Waals surface area (Å²) < 4.78 is 0. The van der Waals surface area contributed by atoms with Crippen molar-refractivity contribution in [1.29, 1.82) is 0 Å². The monoisotopic (exact) mass is 405 g/mol. The summed E-state index contributed by atoms with van der Waals surface area (Å²) in [6, 6.07) is 0. The van der Waals surface area contributed by atoms with Gasteiger partial charge in [-0.2, -0.15) is 0 Å². The fourth-order valence-electron chi connectivity index (χ4n) is 4.98. The molecule has 2 atom stereocenters. The van der Waals surface area contributed by atoms with Crippen molar-refractivity contribution in [3.8, 4) is 0 Å². The third-order valence-electron chi connectivity index (χ3n) is 6.79. The second-order valence-corrected chi connectivity index (χ2v) is 10.4. The molecule has 1 fully saturated rings. The van der Waals surface area contributed by atoms with Crippen LogP contribution in [0, 0.1) is 17.3 Å². The molecule has 0 radical (unpaired) electrons. The van der Waals surface area contributed by atoms with Gasteiger partial charge in [0.25, 0.3) is 0 Å². The van der Waals surface area contributed by atoms with E-state index < -0.39 is 11.0 Å². The van der Waals surface area contributed by atoms with E-state index in [4.69, 9.17) is 0 Å². The van der Waals surface area contributed by atoms with E-state index >= 15 is 0 Å². The maximum Gasteiger partial charge on any atom is 0.233 e. The molecule has 0 aromatic carbocycles. The maximum absolute atomic E-state index is 13.4. The summed E-state index contributed by atoms with van der Waals surface area (Å²) in [7, 11) is 1.59. The molecule has 0 bridgehead atoms. The van der Waals surface area contributed by atoms with Gasteiger partial charge in [-0.25, -0.2) is 0 Å². The van der Waals surface area contributed by atoms with Gasteiger partial charge in [0, 0.05) is 17.4 Å². The van der Waals surface area contributed by atoms with Gasteiger partial charge in [0.1, 0.15) is 0 Å². The zero-order chi connectivity index (χ0) is 22.2. The van der Waals surface area contributed by atoms with Crippen molar-refractivity contribution in [3.63, 3.8) is 0 Å². The lowest BCUT2D eigenvalue weighted by Crippen LogP contribution is -2.51. The highest BCUT2D eigenvalue weighted by Crippen LogP contribution is 2.40. The van der Waals surface area contributed by atoms with Gasteiger partial charge in [-0.05, 0) is 39.0 Å². The zero-order valence-corrected chi connectivity index (χ0v) is 20.1. The number of carbonyl (C=O) groups is 3. The summed E-state index contributed by atoms with van der Waals surface area (Å²) >= 11 is 0. The lowest BCUT2D eigenvalue weighted by atomic mass is 9.70. The minimum absolute atomic E-state index is 0.00339. The Hall–Kier alpha value is -1.13. The molecule has 0 aromatic rings. The van der Waals surface area contributed by atoms with Crippen LogP contribution in [-0.2, 0) is 14.4 Å². The van der Waals surface area contributed by atoms with Crippen LogP contribution in [0.4, 0.5) is 0 Å². The Kier molecular flexibility index (Phi) is 10.1. The van der Waals surface area contributed by atoms with E-state index in [1.54, 1.807) is 7.85 Å². The van der Waals surface area contributed by atoms with Gasteiger partial charge in [-0.15, -0.1) is 0 Å². The van der Waals surface area contributed by atoms with Crippen LogP contribution in [-0.4, -0.2) is 35.8 Å². The molecule has 0 aromatic heterocycles. The minimum atomic E-state index is -0.645. The SMILES string of the molecule is BC(=O)C(C)(C)CC(C)(C)N1C(=O)CC(C(CCCCC)CCCCCC)C1=O. The number of hydrogen-bond donors (Lipinski definition) is 0. The fourth-order valence-corrected chi connectivity index (χ4v) is 4.98. The topological polar surface area (TPSA) is 54.5 Å². The van der Waals surface area contributed by atoms with Crippen LogP contribution >= 0.6 is 0 Å². The molecule has 1 rings (SSSR count). The molecule has 1 saturated heterocycles. The van der Waals surface area contributed by atoms with Gasteiger partial charge >= 0.3 is 0 Å². The normalized spacial score (nSPS) is 19.1. The predicted molar refractivity (Wildman–Crippen MR) is 122 cm³/mol. The molecule has 2 unspecified atom stereocenters. The molecule has 0 aliphatic carbocycles. The standard InChI is InChI=1S/C24H44BNO3/c1-7-9-11-13-15-18(14-12-10-8-2)19-16-20(27)26(21(19)28)24(5,6)17-23(3,4)22(25)29/h18-19H,7-17,25H2,1-6H3. The summed E-state index contributed by atoms with van der Waals surface area (Å²) in [5, 5.41) is 0. The van der Waals surface area contributed by atoms with Crippen molar-refractivity contribution < 1.29 is 14.4 Å². The number of likely N-dealkylation sites (tertiary alicyclic amines) is 1. The van der Waals surface area contributed by atoms with Crippen LogP contribution in [0.2, 0.25) is 0 Å². The van der Waals surface area contributed by atoms with Gasteiger partial charge in [-0.1, -0.05) is 72.6 Å². The molecule has 4 nitrogen and oxygen atoms in total. The first-order chi connectivity index (χ1) is 13.5. The van der Waals surface area contributed by atoms with Gasteiger partial charge in [-0.3, -0.25) is 14.5 Å². The van der Waals surface area contributed by atoms with Crippen molar-refractivity contribution in [1.82, 2.24) is 4.90 Å². The van der Waals surface area contributed by atoms with Crippen LogP contribution in [0.5, 0.6) is 0 Å². The van der Waals surface area contributed by atoms with E-state index in [0.717, 1.165) is 25.7 Å². The van der Waals surface area contributed by atoms with Gasteiger partial charge in [0.2, 0.25) is 11.8 Å². The second-order valence-electron chi connectivity index (χ2n) is 10.4. The average molecular weight is 405 g/mol. The van der Waals surface area contributed by atoms with E-state index in [1.807, 2.05) is 27.7 Å². The van der Waals surface area contributed by atoms with Gasteiger partial charge < -0.3 is 4.79 Å². The Bertz CT molecular complexity index is 570. The van der Waals surface area contributed by atoms with Crippen LogP contribution in [0.15, 0.2) is 0 Å². The summed E-state index contributed by atoms with van der Waals surface area (Å²) in [6.07, 6.45) is 11.2. The summed E-state index contributed by atoms with van der Waals surface area (Å²) in [5.41, 5.74) is -1.11. The molecule has 2 amide bonds. The number of carbonyl (C=O) groups excluding carboxylic acids is 3. The second kappa shape index (κ2) is 11.3. The number of amides is 2. The molecule has 1 aliphatic rings. The zero-order valence-electron chi connectivity index (χ0n) is 20.1. The first-order valence-electron chi connectivity index (χ1n) is 11.9. The van der Waals surface area contributed by atoms with Crippen LogP contribution in [0.25, 0.3) is 0 Å². The van der Waals surface area contributed by atoms with E-state index in [0.29, 0.717) is 18.8 Å². The van der Waals surface area contributed by atoms with E-state index in [9.17, 15) is 14.4 Å². The smallest absolute Gasteiger partial charge is 0.233 e. The molecule has 1 aliphatic heterocycles. The largest absolute Gasteiger partial charge is 0.311 e. The summed E-state index contributed by atoms with van der Waals surface area (Å²) in [4.78, 5) is 39.9. The highest BCUT2D eigenvalue weighted by molar-refractivity contribution is 6.58. The first kappa shape index (κ1) is 25.9. The lowest BCUT2D eigenvalue weighted by molar-refractivity contribution is -0.148. The molecular weight excluding hydrogens is 361 g/mol. The van der Waals surface area contributed by atoms with Crippen molar-refractivity contribution in [2.24, 2.45) is 17.3 Å². The molecule has 5 heteroatoms. The summed E-state index contributed by atoms with van der Waals surface area (Å²) in [6.45, 7) is 12.1. The van der Waals surface area contributed by atoms with Crippen molar-refractivity contribution in [2.45, 2.75) is 118 Å². The fraction of sp³-hybridized carbons (Fsp3) is 0.875. The molecule has 166 valence electrons. The number of rotatable bonds is 14. The molecule has 29 heavy (non-hydrogen) atoms. The third-order valence-corrected chi connectivity index (χ3v) is 6.79. The quantitative estimate of drug-likeness (QED) is 0.235. The number of unbranched alkanes of at least 4 members (excludes halogenated alkanes) is 5. The first-order valence-corrected chi connectivity index (χ1v) is 11.9. The minimum Gasteiger partial charge on any atom is -0.311 e. The van der Waals surface area contributed by atoms with Crippen molar-refractivity contribution in [2.75, 3.05) is 0 Å². The van der Waals surface area contributed by atoms with E-state index in [-0.39, 0.29) is 23.4 Å². The van der Waals surface area contributed by atoms with Crippen molar-refractivity contribution >= 4 is 25.3 Å². The number of imide groups is 1. The maximum atomic E-state index is 13.4. The highest BCUT2D eigenvalue weighted by Gasteiger charge is 2.49. The Balaban J connectivity index is 2.94. The van der Waals surface area contributed by atoms with Crippen LogP contribution in [0.1, 0.15) is 112 Å². The molecule has 0 spiro atoms. The number of hydrogen-bond acceptors (Lipinski definition) is 3. The van der Waals surface area contributed by atoms with Gasteiger partial charge in [0.15, 0.2) is 7.85 Å². The third kappa shape index (κ3) is 7.26. The Morgan fingerprint density at radius 2 is 1.52 bits per heavy atom. The van der Waals surface area contributed by atoms with E-state index in [2.05, 4.69) is 13.8 Å². The highest BCUT2D eigenvalue weighted by atomic mass is 16.2. The lowest BCUT2D eigenvalue weighted by Gasteiger charge is -2.40. The van der Waals surface area contributed by atoms with E-state index in [1.165, 1.54) is 37.0 Å². The molecule has 0 N–H and O–H groups in total. The van der Waals surface area contributed by atoms with Gasteiger partial charge in [0.05, 0.1) is 11.6 Å². The summed E-state index contributed by atoms with van der Waals surface area (Å²) in [5.74, 6) is 0.0620. The average Bonchev–Trinajstić information content (AvgIpc) is 2.91. The van der Waals surface area contributed by atoms with Crippen LogP contribution < -0.4 is 0 Å². The Morgan fingerprint density at radius 3 is 2.03 bits per heavy atom. The Labute approximate surface area is 180 Å². The number of nitrogens with zero attached hydrogens (tertiary/aromatic N) is 1.